The average Bonchev–Trinajstić information content (AvgIpc) is 2.48. The summed E-state index contributed by atoms with van der Waals surface area (Å²) in [7, 11) is 2.04. The Balaban J connectivity index is 2.19. The first-order valence-electron chi connectivity index (χ1n) is 6.95. The van der Waals surface area contributed by atoms with Crippen molar-refractivity contribution < 1.29 is 14.1 Å². The first-order valence-corrected chi connectivity index (χ1v) is 8.05. The number of amides is 1. The molecule has 1 amide bonds. The van der Waals surface area contributed by atoms with E-state index in [1.807, 2.05) is 18.3 Å². The third-order valence-corrected chi connectivity index (χ3v) is 4.91. The highest BCUT2D eigenvalue weighted by molar-refractivity contribution is 7.89. The van der Waals surface area contributed by atoms with E-state index in [9.17, 15) is 9.35 Å². The van der Waals surface area contributed by atoms with E-state index in [2.05, 4.69) is 4.90 Å². The molecule has 116 valence electrons. The van der Waals surface area contributed by atoms with Crippen molar-refractivity contribution in [3.05, 3.63) is 23.8 Å². The second-order valence-corrected chi connectivity index (χ2v) is 6.42. The fourth-order valence-electron chi connectivity index (χ4n) is 2.19. The van der Waals surface area contributed by atoms with Crippen LogP contribution in [0.1, 0.15) is 17.3 Å². The Labute approximate surface area is 128 Å². The molecule has 6 nitrogen and oxygen atoms in total. The van der Waals surface area contributed by atoms with Crippen LogP contribution < -0.4 is 10.5 Å². The molecule has 1 atom stereocenters. The second kappa shape index (κ2) is 7.13. The molecule has 0 saturated carbocycles. The molecule has 1 aliphatic heterocycles. The molecule has 2 N–H and O–H groups in total. The molecule has 0 bridgehead atoms. The molecule has 7 heteroatoms. The topological polar surface area (TPSA) is 81.9 Å². The van der Waals surface area contributed by atoms with Crippen LogP contribution in [0.15, 0.2) is 23.1 Å². The summed E-state index contributed by atoms with van der Waals surface area (Å²) in [5, 5.41) is 0. The van der Waals surface area contributed by atoms with Gasteiger partial charge in [-0.1, -0.05) is 0 Å². The van der Waals surface area contributed by atoms with Gasteiger partial charge in [-0.2, -0.15) is 0 Å². The molecular weight excluding hydrogens is 290 g/mol. The van der Waals surface area contributed by atoms with Crippen molar-refractivity contribution in [2.75, 3.05) is 39.8 Å². The van der Waals surface area contributed by atoms with Gasteiger partial charge >= 0.3 is 0 Å². The number of piperazine rings is 1. The summed E-state index contributed by atoms with van der Waals surface area (Å²) in [5.41, 5.74) is 5.65. The Kier molecular flexibility index (Phi) is 5.46. The number of nitrogens with zero attached hydrogens (tertiary/aromatic N) is 2. The van der Waals surface area contributed by atoms with E-state index in [0.717, 1.165) is 26.2 Å². The number of primary amides is 1. The molecule has 1 aromatic rings. The fourth-order valence-corrected chi connectivity index (χ4v) is 3.39. The maximum absolute atomic E-state index is 12.6. The van der Waals surface area contributed by atoms with Gasteiger partial charge in [0.05, 0.1) is 36.6 Å². The maximum Gasteiger partial charge on any atom is 0.252 e. The minimum absolute atomic E-state index is 0.275. The van der Waals surface area contributed by atoms with Crippen LogP contribution in [-0.2, 0) is 11.4 Å². The number of benzene rings is 1. The van der Waals surface area contributed by atoms with E-state index >= 15 is 0 Å². The van der Waals surface area contributed by atoms with E-state index in [0.29, 0.717) is 17.3 Å². The highest BCUT2D eigenvalue weighted by Gasteiger charge is 2.27. The molecule has 0 aliphatic carbocycles. The Morgan fingerprint density at radius 3 is 2.62 bits per heavy atom. The van der Waals surface area contributed by atoms with Crippen molar-refractivity contribution >= 4 is 17.3 Å². The normalized spacial score (nSPS) is 18.4. The molecule has 1 unspecified atom stereocenters. The summed E-state index contributed by atoms with van der Waals surface area (Å²) < 4.78 is 19.9. The zero-order valence-corrected chi connectivity index (χ0v) is 13.2. The summed E-state index contributed by atoms with van der Waals surface area (Å²) in [6.45, 7) is 5.52. The average molecular weight is 311 g/mol. The standard InChI is InChI=1S/C14H21N3O3S/c1-3-20-13-5-4-11(10-12(13)14(15)18)21(19)17-8-6-16(2)7-9-17/h4-5,10H,3,6-9H2,1-2H3,(H2,15,18). The number of hydrogen-bond acceptors (Lipinski definition) is 5. The molecule has 0 aromatic heterocycles. The summed E-state index contributed by atoms with van der Waals surface area (Å²) in [6, 6.07) is 4.96. The third-order valence-electron chi connectivity index (χ3n) is 3.41. The van der Waals surface area contributed by atoms with E-state index in [-0.39, 0.29) is 5.56 Å². The van der Waals surface area contributed by atoms with Crippen molar-refractivity contribution in [3.8, 4) is 5.75 Å². The zero-order valence-electron chi connectivity index (χ0n) is 12.4. The van der Waals surface area contributed by atoms with Gasteiger partial charge in [-0.15, -0.1) is 4.31 Å². The highest BCUT2D eigenvalue weighted by atomic mass is 32.2. The predicted octanol–water partition coefficient (Wildman–Crippen LogP) is 0.454. The lowest BCUT2D eigenvalue weighted by Gasteiger charge is -2.32. The molecule has 1 fully saturated rings. The van der Waals surface area contributed by atoms with Gasteiger partial charge in [0, 0.05) is 19.2 Å². The zero-order chi connectivity index (χ0) is 15.4. The van der Waals surface area contributed by atoms with Crippen molar-refractivity contribution in [1.29, 1.82) is 0 Å². The third kappa shape index (κ3) is 3.88. The lowest BCUT2D eigenvalue weighted by Crippen LogP contribution is -2.47. The van der Waals surface area contributed by atoms with Crippen LogP contribution in [0.25, 0.3) is 0 Å². The van der Waals surface area contributed by atoms with E-state index in [4.69, 9.17) is 10.5 Å². The van der Waals surface area contributed by atoms with E-state index in [1.165, 1.54) is 0 Å². The lowest BCUT2D eigenvalue weighted by atomic mass is 10.2. The molecule has 1 aliphatic rings. The Bertz CT molecular complexity index is 504. The van der Waals surface area contributed by atoms with Gasteiger partial charge in [0.2, 0.25) is 0 Å². The molecule has 1 saturated heterocycles. The summed E-state index contributed by atoms with van der Waals surface area (Å²) >= 11 is -1.28. The first kappa shape index (κ1) is 16.1. The van der Waals surface area contributed by atoms with Crippen LogP contribution in [0.5, 0.6) is 5.75 Å². The molecule has 2 rings (SSSR count). The van der Waals surface area contributed by atoms with Crippen LogP contribution in [0.4, 0.5) is 0 Å². The fraction of sp³-hybridized carbons (Fsp3) is 0.500. The van der Waals surface area contributed by atoms with Crippen molar-refractivity contribution in [3.63, 3.8) is 0 Å². The van der Waals surface area contributed by atoms with Crippen LogP contribution in [0, 0.1) is 0 Å². The quantitative estimate of drug-likeness (QED) is 0.799. The SMILES string of the molecule is CCOc1ccc([S+]([O-])N2CCN(C)CC2)cc1C(N)=O. The van der Waals surface area contributed by atoms with Gasteiger partial charge in [0.15, 0.2) is 4.90 Å². The van der Waals surface area contributed by atoms with Gasteiger partial charge < -0.3 is 19.9 Å². The van der Waals surface area contributed by atoms with Crippen LogP contribution in [0.3, 0.4) is 0 Å². The smallest absolute Gasteiger partial charge is 0.252 e. The molecule has 1 heterocycles. The van der Waals surface area contributed by atoms with Crippen LogP contribution in [0.2, 0.25) is 0 Å². The Hall–Kier alpha value is -1.28. The van der Waals surface area contributed by atoms with Crippen molar-refractivity contribution in [2.45, 2.75) is 11.8 Å². The Morgan fingerprint density at radius 1 is 1.38 bits per heavy atom. The van der Waals surface area contributed by atoms with E-state index < -0.39 is 17.3 Å². The number of carbonyl (C=O) groups is 1. The number of nitrogens with two attached hydrogens (primary N) is 1. The maximum atomic E-state index is 12.6. The number of likely N-dealkylation sites (N-methyl/N-ethyl adjacent to an activating group) is 1. The van der Waals surface area contributed by atoms with Gasteiger partial charge in [0.1, 0.15) is 5.75 Å². The molecule has 0 radical (unpaired) electrons. The summed E-state index contributed by atoms with van der Waals surface area (Å²) in [6.07, 6.45) is 0. The van der Waals surface area contributed by atoms with Crippen LogP contribution in [-0.4, -0.2) is 59.5 Å². The Morgan fingerprint density at radius 2 is 2.05 bits per heavy atom. The summed E-state index contributed by atoms with van der Waals surface area (Å²) in [4.78, 5) is 14.3. The van der Waals surface area contributed by atoms with E-state index in [1.54, 1.807) is 18.2 Å². The largest absolute Gasteiger partial charge is 0.593 e. The number of hydrogen-bond donors (Lipinski definition) is 1. The number of ether oxygens (including phenoxy) is 1. The number of carbonyl (C=O) groups excluding carboxylic acids is 1. The van der Waals surface area contributed by atoms with Gasteiger partial charge in [-0.05, 0) is 26.1 Å². The minimum atomic E-state index is -1.28. The first-order chi connectivity index (χ1) is 10.0. The van der Waals surface area contributed by atoms with Crippen molar-refractivity contribution in [1.82, 2.24) is 9.21 Å². The molecule has 21 heavy (non-hydrogen) atoms. The molecular formula is C14H21N3O3S. The molecule has 0 spiro atoms. The molecule has 1 aromatic carbocycles. The predicted molar refractivity (Wildman–Crippen MR) is 81.6 cm³/mol. The second-order valence-electron chi connectivity index (χ2n) is 4.94. The summed E-state index contributed by atoms with van der Waals surface area (Å²) in [5.74, 6) is -0.139. The number of rotatable bonds is 5. The highest BCUT2D eigenvalue weighted by Crippen LogP contribution is 2.25. The lowest BCUT2D eigenvalue weighted by molar-refractivity contribution is 0.0996. The van der Waals surface area contributed by atoms with Crippen LogP contribution >= 0.6 is 0 Å². The minimum Gasteiger partial charge on any atom is -0.593 e. The monoisotopic (exact) mass is 311 g/mol. The van der Waals surface area contributed by atoms with Gasteiger partial charge in [0.25, 0.3) is 5.91 Å². The van der Waals surface area contributed by atoms with Crippen molar-refractivity contribution in [2.24, 2.45) is 5.73 Å². The van der Waals surface area contributed by atoms with Gasteiger partial charge in [-0.3, -0.25) is 4.79 Å². The van der Waals surface area contributed by atoms with Gasteiger partial charge in [-0.25, -0.2) is 0 Å².